The number of hydrogen-bond donors (Lipinski definition) is 0. The van der Waals surface area contributed by atoms with Crippen LogP contribution >= 0.6 is 0 Å². The fraction of sp³-hybridized carbons (Fsp3) is 0.467. The summed E-state index contributed by atoms with van der Waals surface area (Å²) >= 11 is 0. The molecule has 1 nitrogen and oxygen atoms in total. The van der Waals surface area contributed by atoms with Crippen molar-refractivity contribution in [1.82, 2.24) is 0 Å². The summed E-state index contributed by atoms with van der Waals surface area (Å²) in [5.41, 5.74) is 2.60. The average Bonchev–Trinajstić information content (AvgIpc) is 2.21. The van der Waals surface area contributed by atoms with Gasteiger partial charge >= 0.3 is 0 Å². The highest BCUT2D eigenvalue weighted by molar-refractivity contribution is 5.35. The van der Waals surface area contributed by atoms with Crippen LogP contribution in [-0.4, -0.2) is 6.61 Å². The van der Waals surface area contributed by atoms with Gasteiger partial charge in [-0.05, 0) is 48.9 Å². The van der Waals surface area contributed by atoms with Gasteiger partial charge in [-0.3, -0.25) is 0 Å². The first-order chi connectivity index (χ1) is 7.63. The number of ether oxygens (including phenoxy) is 1. The van der Waals surface area contributed by atoms with Crippen LogP contribution in [0.1, 0.15) is 31.4 Å². The van der Waals surface area contributed by atoms with E-state index >= 15 is 0 Å². The van der Waals surface area contributed by atoms with E-state index in [0.717, 1.165) is 25.2 Å². The maximum atomic E-state index is 5.70. The molecule has 0 aromatic heterocycles. The van der Waals surface area contributed by atoms with Gasteiger partial charge in [-0.1, -0.05) is 26.0 Å². The summed E-state index contributed by atoms with van der Waals surface area (Å²) in [6.07, 6.45) is 3.97. The number of hydrogen-bond acceptors (Lipinski definition) is 1. The smallest absolute Gasteiger partial charge is 0.119 e. The van der Waals surface area contributed by atoms with Gasteiger partial charge in [0.15, 0.2) is 0 Å². The van der Waals surface area contributed by atoms with Gasteiger partial charge < -0.3 is 4.74 Å². The Morgan fingerprint density at radius 1 is 1.38 bits per heavy atom. The monoisotopic (exact) mass is 218 g/mol. The van der Waals surface area contributed by atoms with E-state index in [1.54, 1.807) is 0 Å². The van der Waals surface area contributed by atoms with Gasteiger partial charge in [0.1, 0.15) is 5.75 Å². The average molecular weight is 218 g/mol. The summed E-state index contributed by atoms with van der Waals surface area (Å²) in [6.45, 7) is 11.1. The van der Waals surface area contributed by atoms with E-state index in [-0.39, 0.29) is 0 Å². The first-order valence-corrected chi connectivity index (χ1v) is 5.96. The lowest BCUT2D eigenvalue weighted by molar-refractivity contribution is 0.289. The predicted octanol–water partition coefficient (Wildman–Crippen LogP) is 4.15. The summed E-state index contributed by atoms with van der Waals surface area (Å²) in [7, 11) is 0. The van der Waals surface area contributed by atoms with Crippen molar-refractivity contribution in [3.63, 3.8) is 0 Å². The van der Waals surface area contributed by atoms with Gasteiger partial charge in [-0.25, -0.2) is 0 Å². The molecule has 1 rings (SSSR count). The molecule has 0 aliphatic carbocycles. The molecule has 0 atom stereocenters. The zero-order chi connectivity index (χ0) is 12.0. The fourth-order valence-corrected chi connectivity index (χ4v) is 1.56. The summed E-state index contributed by atoms with van der Waals surface area (Å²) in [4.78, 5) is 0. The Hall–Kier alpha value is -1.24. The third kappa shape index (κ3) is 4.09. The van der Waals surface area contributed by atoms with Crippen LogP contribution in [0.3, 0.4) is 0 Å². The van der Waals surface area contributed by atoms with E-state index in [2.05, 4.69) is 39.5 Å². The van der Waals surface area contributed by atoms with Crippen molar-refractivity contribution in [1.29, 1.82) is 0 Å². The van der Waals surface area contributed by atoms with Gasteiger partial charge in [0.2, 0.25) is 0 Å². The molecule has 16 heavy (non-hydrogen) atoms. The van der Waals surface area contributed by atoms with Crippen LogP contribution in [-0.2, 0) is 6.42 Å². The zero-order valence-corrected chi connectivity index (χ0v) is 10.6. The Labute approximate surface area is 99.1 Å². The second-order valence-electron chi connectivity index (χ2n) is 4.61. The molecule has 88 valence electrons. The van der Waals surface area contributed by atoms with Crippen molar-refractivity contribution >= 4 is 0 Å². The van der Waals surface area contributed by atoms with Crippen LogP contribution in [0.15, 0.2) is 30.9 Å². The van der Waals surface area contributed by atoms with Crippen molar-refractivity contribution in [3.05, 3.63) is 42.0 Å². The van der Waals surface area contributed by atoms with Crippen LogP contribution in [0.4, 0.5) is 0 Å². The molecule has 1 aromatic carbocycles. The SMILES string of the molecule is C=CCc1ccc(OCCC(C)C)cc1C. The summed E-state index contributed by atoms with van der Waals surface area (Å²) in [5, 5.41) is 0. The van der Waals surface area contributed by atoms with E-state index in [9.17, 15) is 0 Å². The van der Waals surface area contributed by atoms with Crippen molar-refractivity contribution in [2.24, 2.45) is 5.92 Å². The quantitative estimate of drug-likeness (QED) is 0.652. The van der Waals surface area contributed by atoms with Crippen molar-refractivity contribution in [3.8, 4) is 5.75 Å². The number of rotatable bonds is 6. The van der Waals surface area contributed by atoms with Gasteiger partial charge in [-0.15, -0.1) is 6.58 Å². The molecule has 0 heterocycles. The molecule has 0 amide bonds. The first-order valence-electron chi connectivity index (χ1n) is 5.96. The van der Waals surface area contributed by atoms with E-state index in [1.165, 1.54) is 11.1 Å². The molecular weight excluding hydrogens is 196 g/mol. The summed E-state index contributed by atoms with van der Waals surface area (Å²) < 4.78 is 5.70. The third-order valence-electron chi connectivity index (χ3n) is 2.64. The summed E-state index contributed by atoms with van der Waals surface area (Å²) in [5.74, 6) is 1.67. The zero-order valence-electron chi connectivity index (χ0n) is 10.6. The molecule has 0 N–H and O–H groups in total. The van der Waals surface area contributed by atoms with E-state index in [0.29, 0.717) is 5.92 Å². The lowest BCUT2D eigenvalue weighted by atomic mass is 10.1. The fourth-order valence-electron chi connectivity index (χ4n) is 1.56. The van der Waals surface area contributed by atoms with E-state index in [4.69, 9.17) is 4.74 Å². The van der Waals surface area contributed by atoms with Crippen molar-refractivity contribution < 1.29 is 4.74 Å². The molecule has 1 heteroatoms. The first kappa shape index (κ1) is 12.8. The van der Waals surface area contributed by atoms with E-state index < -0.39 is 0 Å². The predicted molar refractivity (Wildman–Crippen MR) is 70.0 cm³/mol. The minimum atomic E-state index is 0.695. The third-order valence-corrected chi connectivity index (χ3v) is 2.64. The van der Waals surface area contributed by atoms with Crippen molar-refractivity contribution in [2.75, 3.05) is 6.61 Å². The minimum Gasteiger partial charge on any atom is -0.494 e. The van der Waals surface area contributed by atoms with Gasteiger partial charge in [0, 0.05) is 0 Å². The maximum absolute atomic E-state index is 5.70. The normalized spacial score (nSPS) is 10.5. The topological polar surface area (TPSA) is 9.23 Å². The standard InChI is InChI=1S/C15H22O/c1-5-6-14-7-8-15(11-13(14)4)16-10-9-12(2)3/h5,7-8,11-12H,1,6,9-10H2,2-4H3. The molecule has 0 aliphatic rings. The Morgan fingerprint density at radius 2 is 2.12 bits per heavy atom. The van der Waals surface area contributed by atoms with Crippen molar-refractivity contribution in [2.45, 2.75) is 33.6 Å². The highest BCUT2D eigenvalue weighted by Gasteiger charge is 2.00. The van der Waals surface area contributed by atoms with Gasteiger partial charge in [-0.2, -0.15) is 0 Å². The Bertz CT molecular complexity index is 339. The molecule has 0 unspecified atom stereocenters. The van der Waals surface area contributed by atoms with Gasteiger partial charge in [0.05, 0.1) is 6.61 Å². The Morgan fingerprint density at radius 3 is 2.69 bits per heavy atom. The largest absolute Gasteiger partial charge is 0.494 e. The van der Waals surface area contributed by atoms with Crippen LogP contribution in [0.25, 0.3) is 0 Å². The molecular formula is C15H22O. The molecule has 1 aromatic rings. The Balaban J connectivity index is 2.55. The second kappa shape index (κ2) is 6.37. The summed E-state index contributed by atoms with van der Waals surface area (Å²) in [6, 6.07) is 6.28. The highest BCUT2D eigenvalue weighted by atomic mass is 16.5. The van der Waals surface area contributed by atoms with Gasteiger partial charge in [0.25, 0.3) is 0 Å². The number of benzene rings is 1. The lowest BCUT2D eigenvalue weighted by Gasteiger charge is -2.10. The number of allylic oxidation sites excluding steroid dienone is 1. The minimum absolute atomic E-state index is 0.695. The molecule has 0 saturated heterocycles. The van der Waals surface area contributed by atoms with Crippen LogP contribution in [0.2, 0.25) is 0 Å². The van der Waals surface area contributed by atoms with Crippen LogP contribution in [0, 0.1) is 12.8 Å². The highest BCUT2D eigenvalue weighted by Crippen LogP contribution is 2.18. The second-order valence-corrected chi connectivity index (χ2v) is 4.61. The molecule has 0 spiro atoms. The molecule has 0 radical (unpaired) electrons. The lowest BCUT2D eigenvalue weighted by Crippen LogP contribution is -2.01. The van der Waals surface area contributed by atoms with Crippen LogP contribution < -0.4 is 4.74 Å². The number of aryl methyl sites for hydroxylation is 1. The maximum Gasteiger partial charge on any atom is 0.119 e. The molecule has 0 aliphatic heterocycles. The Kier molecular flexibility index (Phi) is 5.10. The van der Waals surface area contributed by atoms with Crippen LogP contribution in [0.5, 0.6) is 5.75 Å². The van der Waals surface area contributed by atoms with E-state index in [1.807, 2.05) is 12.1 Å². The molecule has 0 fully saturated rings. The molecule has 0 saturated carbocycles. The molecule has 0 bridgehead atoms.